The summed E-state index contributed by atoms with van der Waals surface area (Å²) in [6, 6.07) is 8.45. The van der Waals surface area contributed by atoms with Crippen LogP contribution in [0.1, 0.15) is 11.1 Å². The van der Waals surface area contributed by atoms with Crippen molar-refractivity contribution in [2.75, 3.05) is 11.1 Å². The Hall–Kier alpha value is -2.77. The second-order valence-electron chi connectivity index (χ2n) is 5.27. The molecule has 138 valence electrons. The van der Waals surface area contributed by atoms with Crippen molar-refractivity contribution in [3.8, 4) is 6.07 Å². The van der Waals surface area contributed by atoms with Gasteiger partial charge in [0.25, 0.3) is 0 Å². The minimum Gasteiger partial charge on any atom is -0.325 e. The Labute approximate surface area is 160 Å². The summed E-state index contributed by atoms with van der Waals surface area (Å²) in [7, 11) is 0. The predicted octanol–water partition coefficient (Wildman–Crippen LogP) is 4.00. The van der Waals surface area contributed by atoms with Gasteiger partial charge in [-0.3, -0.25) is 9.20 Å². The molecule has 3 rings (SSSR count). The number of nitrogens with zero attached hydrogens (tertiary/aromatic N) is 4. The maximum absolute atomic E-state index is 12.8. The third kappa shape index (κ3) is 4.32. The lowest BCUT2D eigenvalue weighted by Crippen LogP contribution is -2.14. The van der Waals surface area contributed by atoms with E-state index in [4.69, 9.17) is 16.9 Å². The quantitative estimate of drug-likeness (QED) is 0.656. The fraction of sp³-hybridized carbons (Fsp3) is 0.125. The molecule has 1 aromatic carbocycles. The molecule has 27 heavy (non-hydrogen) atoms. The Morgan fingerprint density at radius 3 is 2.74 bits per heavy atom. The van der Waals surface area contributed by atoms with Crippen molar-refractivity contribution in [3.05, 3.63) is 52.7 Å². The molecule has 0 unspecified atom stereocenters. The minimum atomic E-state index is -4.49. The van der Waals surface area contributed by atoms with Gasteiger partial charge in [-0.05, 0) is 30.3 Å². The molecule has 0 saturated carbocycles. The molecule has 0 fully saturated rings. The van der Waals surface area contributed by atoms with Crippen molar-refractivity contribution in [1.82, 2.24) is 14.6 Å². The van der Waals surface area contributed by atoms with Crippen LogP contribution in [-0.4, -0.2) is 26.3 Å². The lowest BCUT2D eigenvalue weighted by atomic mass is 10.2. The van der Waals surface area contributed by atoms with Crippen LogP contribution in [0.25, 0.3) is 5.65 Å². The Morgan fingerprint density at radius 1 is 1.30 bits per heavy atom. The normalized spacial score (nSPS) is 11.4. The largest absolute Gasteiger partial charge is 0.417 e. The molecule has 0 bridgehead atoms. The first-order valence-corrected chi connectivity index (χ1v) is 8.68. The number of thioether (sulfide) groups is 1. The first-order chi connectivity index (χ1) is 12.8. The van der Waals surface area contributed by atoms with Crippen molar-refractivity contribution in [3.63, 3.8) is 0 Å². The smallest absolute Gasteiger partial charge is 0.325 e. The average Bonchev–Trinajstić information content (AvgIpc) is 3.02. The van der Waals surface area contributed by atoms with E-state index in [1.54, 1.807) is 0 Å². The Balaban J connectivity index is 1.70. The number of pyridine rings is 1. The van der Waals surface area contributed by atoms with Gasteiger partial charge in [0.2, 0.25) is 5.91 Å². The summed E-state index contributed by atoms with van der Waals surface area (Å²) in [5.41, 5.74) is 0.0765. The maximum Gasteiger partial charge on any atom is 0.417 e. The van der Waals surface area contributed by atoms with E-state index in [2.05, 4.69) is 15.5 Å². The molecule has 0 spiro atoms. The van der Waals surface area contributed by atoms with Crippen LogP contribution in [0.15, 0.2) is 41.7 Å². The highest BCUT2D eigenvalue weighted by molar-refractivity contribution is 7.99. The van der Waals surface area contributed by atoms with Gasteiger partial charge < -0.3 is 5.32 Å². The molecule has 2 heterocycles. The number of carbonyl (C=O) groups is 1. The van der Waals surface area contributed by atoms with Gasteiger partial charge in [0.15, 0.2) is 10.8 Å². The summed E-state index contributed by atoms with van der Waals surface area (Å²) < 4.78 is 39.7. The first kappa shape index (κ1) is 19.0. The summed E-state index contributed by atoms with van der Waals surface area (Å²) in [6.45, 7) is 0. The van der Waals surface area contributed by atoms with E-state index >= 15 is 0 Å². The number of nitriles is 1. The number of carbonyl (C=O) groups excluding carboxylic acids is 1. The second-order valence-corrected chi connectivity index (χ2v) is 6.62. The van der Waals surface area contributed by atoms with E-state index < -0.39 is 17.6 Å². The monoisotopic (exact) mass is 411 g/mol. The first-order valence-electron chi connectivity index (χ1n) is 7.32. The minimum absolute atomic E-state index is 0.103. The van der Waals surface area contributed by atoms with Gasteiger partial charge in [0.05, 0.1) is 21.9 Å². The standard InChI is InChI=1S/C16H9ClF3N5OS/c17-12-5-11(3-1-9(12)6-21)22-14(26)8-27-15-24-23-13-4-2-10(7-25(13)15)16(18,19)20/h1-5,7H,8H2,(H,22,26). The number of amides is 1. The SMILES string of the molecule is N#Cc1ccc(NC(=O)CSc2nnc3ccc(C(F)(F)F)cn23)cc1Cl. The number of alkyl halides is 3. The molecule has 1 N–H and O–H groups in total. The number of hydrogen-bond acceptors (Lipinski definition) is 5. The third-order valence-corrected chi connectivity index (χ3v) is 4.66. The van der Waals surface area contributed by atoms with E-state index in [0.717, 1.165) is 24.0 Å². The topological polar surface area (TPSA) is 83.1 Å². The number of halogens is 4. The second kappa shape index (κ2) is 7.46. The molecule has 1 amide bonds. The molecule has 0 aliphatic rings. The summed E-state index contributed by atoms with van der Waals surface area (Å²) in [4.78, 5) is 12.1. The molecule has 0 aliphatic carbocycles. The van der Waals surface area contributed by atoms with E-state index in [0.29, 0.717) is 5.69 Å². The number of benzene rings is 1. The number of fused-ring (bicyclic) bond motifs is 1. The Bertz CT molecular complexity index is 1060. The maximum atomic E-state index is 12.8. The lowest BCUT2D eigenvalue weighted by molar-refractivity contribution is -0.137. The highest BCUT2D eigenvalue weighted by Crippen LogP contribution is 2.30. The van der Waals surface area contributed by atoms with E-state index in [1.165, 1.54) is 28.7 Å². The van der Waals surface area contributed by atoms with E-state index in [-0.39, 0.29) is 27.1 Å². The van der Waals surface area contributed by atoms with Gasteiger partial charge >= 0.3 is 6.18 Å². The van der Waals surface area contributed by atoms with Crippen LogP contribution in [0.4, 0.5) is 18.9 Å². The lowest BCUT2D eigenvalue weighted by Gasteiger charge is -2.08. The fourth-order valence-electron chi connectivity index (χ4n) is 2.15. The number of aromatic nitrogens is 3. The van der Waals surface area contributed by atoms with Gasteiger partial charge in [0, 0.05) is 11.9 Å². The molecule has 0 radical (unpaired) electrons. The highest BCUT2D eigenvalue weighted by atomic mass is 35.5. The molecule has 0 atom stereocenters. The van der Waals surface area contributed by atoms with Crippen LogP contribution in [0, 0.1) is 11.3 Å². The molecule has 3 aromatic rings. The molecular formula is C16H9ClF3N5OS. The van der Waals surface area contributed by atoms with Crippen LogP contribution in [-0.2, 0) is 11.0 Å². The number of anilines is 1. The van der Waals surface area contributed by atoms with Crippen molar-refractivity contribution >= 4 is 40.6 Å². The zero-order valence-corrected chi connectivity index (χ0v) is 14.9. The third-order valence-electron chi connectivity index (χ3n) is 3.40. The van der Waals surface area contributed by atoms with Gasteiger partial charge in [-0.15, -0.1) is 10.2 Å². The summed E-state index contributed by atoms with van der Waals surface area (Å²) in [6.07, 6.45) is -3.61. The fourth-order valence-corrected chi connectivity index (χ4v) is 3.09. The van der Waals surface area contributed by atoms with Crippen LogP contribution < -0.4 is 5.32 Å². The zero-order valence-electron chi connectivity index (χ0n) is 13.3. The zero-order chi connectivity index (χ0) is 19.6. The number of nitrogens with one attached hydrogen (secondary N) is 1. The highest BCUT2D eigenvalue weighted by Gasteiger charge is 2.31. The number of rotatable bonds is 4. The Kier molecular flexibility index (Phi) is 5.25. The van der Waals surface area contributed by atoms with Crippen molar-refractivity contribution in [2.24, 2.45) is 0 Å². The van der Waals surface area contributed by atoms with Gasteiger partial charge in [-0.25, -0.2) is 0 Å². The van der Waals surface area contributed by atoms with Crippen LogP contribution in [0.5, 0.6) is 0 Å². The average molecular weight is 412 g/mol. The van der Waals surface area contributed by atoms with Crippen LogP contribution in [0.3, 0.4) is 0 Å². The molecule has 6 nitrogen and oxygen atoms in total. The molecule has 11 heteroatoms. The van der Waals surface area contributed by atoms with Gasteiger partial charge in [-0.1, -0.05) is 23.4 Å². The van der Waals surface area contributed by atoms with E-state index in [1.807, 2.05) is 6.07 Å². The van der Waals surface area contributed by atoms with E-state index in [9.17, 15) is 18.0 Å². The van der Waals surface area contributed by atoms with Crippen molar-refractivity contribution < 1.29 is 18.0 Å². The Morgan fingerprint density at radius 2 is 2.07 bits per heavy atom. The molecule has 0 saturated heterocycles. The molecular weight excluding hydrogens is 403 g/mol. The van der Waals surface area contributed by atoms with Gasteiger partial charge in [0.1, 0.15) is 6.07 Å². The summed E-state index contributed by atoms with van der Waals surface area (Å²) in [5.74, 6) is -0.515. The number of hydrogen-bond donors (Lipinski definition) is 1. The van der Waals surface area contributed by atoms with Crippen LogP contribution in [0.2, 0.25) is 5.02 Å². The van der Waals surface area contributed by atoms with Crippen molar-refractivity contribution in [2.45, 2.75) is 11.3 Å². The van der Waals surface area contributed by atoms with Gasteiger partial charge in [-0.2, -0.15) is 18.4 Å². The van der Waals surface area contributed by atoms with Crippen LogP contribution >= 0.6 is 23.4 Å². The van der Waals surface area contributed by atoms with Crippen molar-refractivity contribution in [1.29, 1.82) is 5.26 Å². The molecule has 0 aliphatic heterocycles. The molecule has 2 aromatic heterocycles. The predicted molar refractivity (Wildman–Crippen MR) is 93.5 cm³/mol. The summed E-state index contributed by atoms with van der Waals surface area (Å²) in [5, 5.41) is 19.4. The summed E-state index contributed by atoms with van der Waals surface area (Å²) >= 11 is 6.84.